The van der Waals surface area contributed by atoms with Gasteiger partial charge in [0.05, 0.1) is 0 Å². The predicted octanol–water partition coefficient (Wildman–Crippen LogP) is 3.88. The van der Waals surface area contributed by atoms with Crippen LogP contribution in [0.5, 0.6) is 0 Å². The van der Waals surface area contributed by atoms with E-state index in [0.29, 0.717) is 5.56 Å². The van der Waals surface area contributed by atoms with E-state index in [1.165, 1.54) is 0 Å². The van der Waals surface area contributed by atoms with E-state index in [1.807, 2.05) is 49.4 Å². The zero-order valence-electron chi connectivity index (χ0n) is 11.4. The van der Waals surface area contributed by atoms with Crippen molar-refractivity contribution in [1.29, 1.82) is 0 Å². The van der Waals surface area contributed by atoms with Crippen molar-refractivity contribution in [2.24, 2.45) is 0 Å². The summed E-state index contributed by atoms with van der Waals surface area (Å²) < 4.78 is 0. The molecule has 0 aliphatic heterocycles. The van der Waals surface area contributed by atoms with Crippen molar-refractivity contribution in [3.63, 3.8) is 0 Å². The van der Waals surface area contributed by atoms with Crippen LogP contribution in [0.2, 0.25) is 0 Å². The van der Waals surface area contributed by atoms with E-state index in [2.05, 4.69) is 24.4 Å². The fourth-order valence-corrected chi connectivity index (χ4v) is 1.85. The van der Waals surface area contributed by atoms with Crippen LogP contribution in [0.1, 0.15) is 30.6 Å². The zero-order chi connectivity index (χ0) is 13.7. The minimum atomic E-state index is -0.00559. The summed E-state index contributed by atoms with van der Waals surface area (Å²) in [6, 6.07) is 18.1. The Labute approximate surface area is 114 Å². The fourth-order valence-electron chi connectivity index (χ4n) is 1.85. The monoisotopic (exact) mass is 253 g/mol. The Kier molecular flexibility index (Phi) is 4.35. The van der Waals surface area contributed by atoms with Crippen LogP contribution in [0.3, 0.4) is 0 Å². The van der Waals surface area contributed by atoms with Gasteiger partial charge in [-0.1, -0.05) is 49.4 Å². The first kappa shape index (κ1) is 13.3. The Bertz CT molecular complexity index is 531. The van der Waals surface area contributed by atoms with Crippen LogP contribution in [0.15, 0.2) is 54.6 Å². The highest BCUT2D eigenvalue weighted by atomic mass is 16.1. The average molecular weight is 253 g/mol. The molecule has 0 radical (unpaired) electrons. The molecule has 1 atom stereocenters. The number of benzene rings is 2. The largest absolute Gasteiger partial charge is 0.350 e. The van der Waals surface area contributed by atoms with Crippen molar-refractivity contribution < 1.29 is 4.79 Å². The lowest BCUT2D eigenvalue weighted by Crippen LogP contribution is -2.31. The van der Waals surface area contributed by atoms with Crippen molar-refractivity contribution in [3.8, 4) is 11.1 Å². The number of hydrogen-bond acceptors (Lipinski definition) is 1. The predicted molar refractivity (Wildman–Crippen MR) is 79.1 cm³/mol. The Hall–Kier alpha value is -2.09. The fraction of sp³-hybridized carbons (Fsp3) is 0.235. The van der Waals surface area contributed by atoms with Crippen molar-refractivity contribution in [2.45, 2.75) is 26.3 Å². The molecule has 0 fully saturated rings. The Morgan fingerprint density at radius 2 is 1.58 bits per heavy atom. The summed E-state index contributed by atoms with van der Waals surface area (Å²) >= 11 is 0. The van der Waals surface area contributed by atoms with Crippen LogP contribution in [-0.2, 0) is 0 Å². The maximum absolute atomic E-state index is 12.0. The Balaban J connectivity index is 2.13. The number of carbonyl (C=O) groups is 1. The lowest BCUT2D eigenvalue weighted by atomic mass is 10.0. The molecule has 0 bridgehead atoms. The van der Waals surface area contributed by atoms with Gasteiger partial charge in [-0.15, -0.1) is 0 Å². The van der Waals surface area contributed by atoms with Crippen LogP contribution < -0.4 is 5.32 Å². The molecule has 98 valence electrons. The Morgan fingerprint density at radius 3 is 2.16 bits per heavy atom. The highest BCUT2D eigenvalue weighted by Crippen LogP contribution is 2.19. The highest BCUT2D eigenvalue weighted by molar-refractivity contribution is 5.94. The maximum Gasteiger partial charge on any atom is 0.251 e. The number of carbonyl (C=O) groups excluding carboxylic acids is 1. The summed E-state index contributed by atoms with van der Waals surface area (Å²) in [5.41, 5.74) is 3.00. The molecule has 2 rings (SSSR count). The second kappa shape index (κ2) is 6.19. The van der Waals surface area contributed by atoms with Crippen LogP contribution in [-0.4, -0.2) is 11.9 Å². The topological polar surface area (TPSA) is 29.1 Å². The highest BCUT2D eigenvalue weighted by Gasteiger charge is 2.08. The molecule has 2 heteroatoms. The molecule has 1 amide bonds. The molecule has 0 saturated carbocycles. The zero-order valence-corrected chi connectivity index (χ0v) is 11.4. The van der Waals surface area contributed by atoms with Gasteiger partial charge in [0.25, 0.3) is 5.91 Å². The number of rotatable bonds is 4. The van der Waals surface area contributed by atoms with Gasteiger partial charge >= 0.3 is 0 Å². The lowest BCUT2D eigenvalue weighted by Gasteiger charge is -2.11. The molecule has 19 heavy (non-hydrogen) atoms. The van der Waals surface area contributed by atoms with Crippen LogP contribution in [0.4, 0.5) is 0 Å². The van der Waals surface area contributed by atoms with Crippen molar-refractivity contribution in [2.75, 3.05) is 0 Å². The Morgan fingerprint density at radius 1 is 1.00 bits per heavy atom. The van der Waals surface area contributed by atoms with E-state index < -0.39 is 0 Å². The van der Waals surface area contributed by atoms with Crippen molar-refractivity contribution in [1.82, 2.24) is 5.32 Å². The van der Waals surface area contributed by atoms with E-state index in [4.69, 9.17) is 0 Å². The van der Waals surface area contributed by atoms with Crippen LogP contribution in [0, 0.1) is 0 Å². The van der Waals surface area contributed by atoms with E-state index in [9.17, 15) is 4.79 Å². The molecule has 0 spiro atoms. The third kappa shape index (κ3) is 3.44. The number of nitrogens with one attached hydrogen (secondary N) is 1. The lowest BCUT2D eigenvalue weighted by molar-refractivity contribution is 0.0939. The van der Waals surface area contributed by atoms with Gasteiger partial charge in [-0.05, 0) is 36.6 Å². The molecule has 2 aromatic carbocycles. The summed E-state index contributed by atoms with van der Waals surface area (Å²) in [4.78, 5) is 12.0. The van der Waals surface area contributed by atoms with Crippen molar-refractivity contribution in [3.05, 3.63) is 60.2 Å². The molecule has 0 aliphatic rings. The molecule has 0 heterocycles. The molecule has 0 aliphatic carbocycles. The van der Waals surface area contributed by atoms with E-state index in [0.717, 1.165) is 17.5 Å². The number of amides is 1. The number of hydrogen-bond donors (Lipinski definition) is 1. The average Bonchev–Trinajstić information content (AvgIpc) is 2.48. The molecule has 0 unspecified atom stereocenters. The molecule has 2 nitrogen and oxygen atoms in total. The van der Waals surface area contributed by atoms with Crippen LogP contribution in [0.25, 0.3) is 11.1 Å². The minimum absolute atomic E-state index is 0.00559. The standard InChI is InChI=1S/C17H19NO/c1-3-13(2)18-17(19)16-11-9-15(10-12-16)14-7-5-4-6-8-14/h4-13H,3H2,1-2H3,(H,18,19)/t13-/m1/s1. The normalized spacial score (nSPS) is 11.9. The smallest absolute Gasteiger partial charge is 0.251 e. The first-order chi connectivity index (χ1) is 9.20. The second-order valence-electron chi connectivity index (χ2n) is 4.73. The molecular weight excluding hydrogens is 234 g/mol. The summed E-state index contributed by atoms with van der Waals surface area (Å²) in [6.07, 6.45) is 0.938. The molecule has 1 N–H and O–H groups in total. The van der Waals surface area contributed by atoms with Crippen LogP contribution >= 0.6 is 0 Å². The van der Waals surface area contributed by atoms with Crippen molar-refractivity contribution >= 4 is 5.91 Å². The van der Waals surface area contributed by atoms with Gasteiger partial charge in [0.2, 0.25) is 0 Å². The maximum atomic E-state index is 12.0. The SMILES string of the molecule is CC[C@@H](C)NC(=O)c1ccc(-c2ccccc2)cc1. The van der Waals surface area contributed by atoms with Gasteiger partial charge in [0.15, 0.2) is 0 Å². The third-order valence-electron chi connectivity index (χ3n) is 3.24. The van der Waals surface area contributed by atoms with Gasteiger partial charge < -0.3 is 5.32 Å². The summed E-state index contributed by atoms with van der Waals surface area (Å²) in [5, 5.41) is 2.97. The van der Waals surface area contributed by atoms with E-state index in [-0.39, 0.29) is 11.9 Å². The summed E-state index contributed by atoms with van der Waals surface area (Å²) in [7, 11) is 0. The molecular formula is C17H19NO. The van der Waals surface area contributed by atoms with E-state index >= 15 is 0 Å². The molecule has 2 aromatic rings. The quantitative estimate of drug-likeness (QED) is 0.880. The molecule has 0 aromatic heterocycles. The summed E-state index contributed by atoms with van der Waals surface area (Å²) in [5.74, 6) is -0.00559. The second-order valence-corrected chi connectivity index (χ2v) is 4.73. The van der Waals surface area contributed by atoms with Gasteiger partial charge in [-0.3, -0.25) is 4.79 Å². The first-order valence-electron chi connectivity index (χ1n) is 6.67. The van der Waals surface area contributed by atoms with Gasteiger partial charge in [0, 0.05) is 11.6 Å². The van der Waals surface area contributed by atoms with Gasteiger partial charge in [-0.2, -0.15) is 0 Å². The summed E-state index contributed by atoms with van der Waals surface area (Å²) in [6.45, 7) is 4.07. The first-order valence-corrected chi connectivity index (χ1v) is 6.67. The van der Waals surface area contributed by atoms with Gasteiger partial charge in [0.1, 0.15) is 0 Å². The minimum Gasteiger partial charge on any atom is -0.350 e. The van der Waals surface area contributed by atoms with E-state index in [1.54, 1.807) is 0 Å². The molecule has 0 saturated heterocycles. The van der Waals surface area contributed by atoms with Gasteiger partial charge in [-0.25, -0.2) is 0 Å². The third-order valence-corrected chi connectivity index (χ3v) is 3.24.